The summed E-state index contributed by atoms with van der Waals surface area (Å²) in [5.41, 5.74) is 0.0346. The minimum absolute atomic E-state index is 0.281. The van der Waals surface area contributed by atoms with Gasteiger partial charge in [0.25, 0.3) is 0 Å². The summed E-state index contributed by atoms with van der Waals surface area (Å²) in [7, 11) is -4.24. The van der Waals surface area contributed by atoms with Crippen molar-refractivity contribution in [3.05, 3.63) is 23.3 Å². The fraction of sp³-hybridized carbons (Fsp3) is 0.222. The van der Waals surface area contributed by atoms with Crippen molar-refractivity contribution in [2.45, 2.75) is 18.4 Å². The van der Waals surface area contributed by atoms with E-state index in [0.29, 0.717) is 5.56 Å². The van der Waals surface area contributed by atoms with E-state index in [4.69, 9.17) is 10.4 Å². The van der Waals surface area contributed by atoms with Crippen molar-refractivity contribution in [3.8, 4) is 11.8 Å². The van der Waals surface area contributed by atoms with Gasteiger partial charge in [-0.2, -0.15) is 14.0 Å². The van der Waals surface area contributed by atoms with Crippen LogP contribution in [0.1, 0.15) is 11.1 Å². The molecule has 0 heterocycles. The molecule has 2 N–H and O–H groups in total. The van der Waals surface area contributed by atoms with Crippen LogP contribution >= 0.6 is 0 Å². The Morgan fingerprint density at radius 2 is 2.06 bits per heavy atom. The number of nitrogens with two attached hydrogens (primary N) is 1. The van der Waals surface area contributed by atoms with Crippen LogP contribution in [0, 0.1) is 18.3 Å². The molecule has 0 aromatic heterocycles. The first kappa shape index (κ1) is 13.3. The predicted octanol–water partition coefficient (Wildman–Crippen LogP) is 1.12. The van der Waals surface area contributed by atoms with Crippen molar-refractivity contribution in [1.82, 2.24) is 0 Å². The van der Waals surface area contributed by atoms with Gasteiger partial charge in [-0.05, 0) is 18.6 Å². The monoisotopic (exact) mass is 262 g/mol. The molecule has 0 amide bonds. The molecule has 0 aliphatic carbocycles. The quantitative estimate of drug-likeness (QED) is 0.883. The summed E-state index contributed by atoms with van der Waals surface area (Å²) < 4.78 is 50.7. The number of nitrogens with zero attached hydrogens (tertiary/aromatic N) is 1. The molecule has 1 aromatic carbocycles. The Hall–Kier alpha value is -1.72. The molecular formula is C9H8F2N2O3S. The largest absolute Gasteiger partial charge is 0.432 e. The Bertz CT molecular complexity index is 579. The molecule has 92 valence electrons. The van der Waals surface area contributed by atoms with E-state index in [1.165, 1.54) is 13.0 Å². The molecule has 0 unspecified atom stereocenters. The van der Waals surface area contributed by atoms with Gasteiger partial charge in [-0.25, -0.2) is 13.6 Å². The highest BCUT2D eigenvalue weighted by Gasteiger charge is 2.22. The van der Waals surface area contributed by atoms with Crippen LogP contribution in [-0.2, 0) is 10.0 Å². The van der Waals surface area contributed by atoms with Crippen LogP contribution in [-0.4, -0.2) is 15.0 Å². The number of hydrogen-bond acceptors (Lipinski definition) is 4. The molecule has 5 nitrogen and oxygen atoms in total. The Morgan fingerprint density at radius 1 is 1.47 bits per heavy atom. The zero-order valence-electron chi connectivity index (χ0n) is 8.65. The van der Waals surface area contributed by atoms with Gasteiger partial charge in [-0.3, -0.25) is 0 Å². The first-order valence-corrected chi connectivity index (χ1v) is 5.83. The van der Waals surface area contributed by atoms with E-state index in [1.807, 2.05) is 0 Å². The number of halogens is 2. The number of nitriles is 1. The summed E-state index contributed by atoms with van der Waals surface area (Å²) in [5.74, 6) is -0.718. The second-order valence-corrected chi connectivity index (χ2v) is 4.65. The Morgan fingerprint density at radius 3 is 2.47 bits per heavy atom. The molecule has 0 aliphatic heterocycles. The Balaban J connectivity index is 3.58. The van der Waals surface area contributed by atoms with E-state index in [0.717, 1.165) is 6.07 Å². The lowest BCUT2D eigenvalue weighted by Gasteiger charge is -2.12. The third-order valence-electron chi connectivity index (χ3n) is 1.96. The van der Waals surface area contributed by atoms with Gasteiger partial charge in [-0.15, -0.1) is 0 Å². The normalized spacial score (nSPS) is 11.3. The number of sulfonamides is 1. The van der Waals surface area contributed by atoms with E-state index in [9.17, 15) is 17.2 Å². The predicted molar refractivity (Wildman–Crippen MR) is 53.9 cm³/mol. The summed E-state index contributed by atoms with van der Waals surface area (Å²) in [6, 6.07) is 3.91. The third-order valence-corrected chi connectivity index (χ3v) is 2.89. The Labute approximate surface area is 96.5 Å². The molecule has 0 fully saturated rings. The standard InChI is InChI=1S/C9H8F2N2O3S/c1-5-2-3-7(17(13,14)15)8(6(5)4-12)16-9(10)11/h2-3,9H,1H3,(H2,13,14,15). The van der Waals surface area contributed by atoms with Gasteiger partial charge in [0.05, 0.1) is 5.56 Å². The van der Waals surface area contributed by atoms with Crippen molar-refractivity contribution < 1.29 is 21.9 Å². The maximum Gasteiger partial charge on any atom is 0.387 e. The number of alkyl halides is 2. The highest BCUT2D eigenvalue weighted by atomic mass is 32.2. The van der Waals surface area contributed by atoms with E-state index in [2.05, 4.69) is 4.74 Å². The molecule has 1 rings (SSSR count). The fourth-order valence-corrected chi connectivity index (χ4v) is 1.90. The summed E-state index contributed by atoms with van der Waals surface area (Å²) in [5, 5.41) is 13.6. The fourth-order valence-electron chi connectivity index (χ4n) is 1.23. The van der Waals surface area contributed by atoms with E-state index >= 15 is 0 Å². The number of hydrogen-bond donors (Lipinski definition) is 1. The van der Waals surface area contributed by atoms with Gasteiger partial charge < -0.3 is 4.74 Å². The molecule has 0 spiro atoms. The van der Waals surface area contributed by atoms with Crippen LogP contribution in [0.2, 0.25) is 0 Å². The zero-order chi connectivity index (χ0) is 13.2. The number of primary sulfonamides is 1. The third kappa shape index (κ3) is 2.89. The summed E-state index contributed by atoms with van der Waals surface area (Å²) in [6.07, 6.45) is 0. The van der Waals surface area contributed by atoms with Gasteiger partial charge >= 0.3 is 6.61 Å². The van der Waals surface area contributed by atoms with E-state index in [1.54, 1.807) is 6.07 Å². The van der Waals surface area contributed by atoms with Gasteiger partial charge in [0.2, 0.25) is 10.0 Å². The minimum Gasteiger partial charge on any atom is -0.432 e. The Kier molecular flexibility index (Phi) is 3.65. The van der Waals surface area contributed by atoms with Crippen LogP contribution < -0.4 is 9.88 Å². The van der Waals surface area contributed by atoms with Crippen molar-refractivity contribution in [1.29, 1.82) is 5.26 Å². The van der Waals surface area contributed by atoms with Crippen LogP contribution in [0.3, 0.4) is 0 Å². The van der Waals surface area contributed by atoms with Crippen molar-refractivity contribution in [2.24, 2.45) is 5.14 Å². The molecule has 17 heavy (non-hydrogen) atoms. The highest BCUT2D eigenvalue weighted by Crippen LogP contribution is 2.30. The molecule has 1 aromatic rings. The molecule has 0 saturated heterocycles. The average molecular weight is 262 g/mol. The average Bonchev–Trinajstić information content (AvgIpc) is 2.15. The SMILES string of the molecule is Cc1ccc(S(N)(=O)=O)c(OC(F)F)c1C#N. The van der Waals surface area contributed by atoms with Crippen molar-refractivity contribution >= 4 is 10.0 Å². The second-order valence-electron chi connectivity index (χ2n) is 3.12. The van der Waals surface area contributed by atoms with Crippen LogP contribution in [0.25, 0.3) is 0 Å². The topological polar surface area (TPSA) is 93.2 Å². The van der Waals surface area contributed by atoms with E-state index < -0.39 is 27.3 Å². The van der Waals surface area contributed by atoms with Crippen LogP contribution in [0.5, 0.6) is 5.75 Å². The molecule has 0 saturated carbocycles. The first-order valence-electron chi connectivity index (χ1n) is 4.28. The van der Waals surface area contributed by atoms with Crippen molar-refractivity contribution in [3.63, 3.8) is 0 Å². The lowest BCUT2D eigenvalue weighted by molar-refractivity contribution is -0.0519. The number of ether oxygens (including phenoxy) is 1. The lowest BCUT2D eigenvalue weighted by atomic mass is 10.1. The summed E-state index contributed by atoms with van der Waals surface area (Å²) in [6.45, 7) is -1.78. The molecule has 0 radical (unpaired) electrons. The molecule has 8 heteroatoms. The van der Waals surface area contributed by atoms with Gasteiger partial charge in [0, 0.05) is 0 Å². The summed E-state index contributed by atoms with van der Waals surface area (Å²) in [4.78, 5) is -0.639. The van der Waals surface area contributed by atoms with Gasteiger partial charge in [0.15, 0.2) is 5.75 Å². The van der Waals surface area contributed by atoms with Gasteiger partial charge in [0.1, 0.15) is 11.0 Å². The summed E-state index contributed by atoms with van der Waals surface area (Å²) >= 11 is 0. The van der Waals surface area contributed by atoms with Crippen LogP contribution in [0.4, 0.5) is 8.78 Å². The van der Waals surface area contributed by atoms with Gasteiger partial charge in [-0.1, -0.05) is 6.07 Å². The molecule has 0 aliphatic rings. The second kappa shape index (κ2) is 4.65. The van der Waals surface area contributed by atoms with E-state index in [-0.39, 0.29) is 5.56 Å². The number of rotatable bonds is 3. The maximum atomic E-state index is 12.2. The molecule has 0 bridgehead atoms. The molecular weight excluding hydrogens is 254 g/mol. The molecule has 0 atom stereocenters. The zero-order valence-corrected chi connectivity index (χ0v) is 9.46. The smallest absolute Gasteiger partial charge is 0.387 e. The minimum atomic E-state index is -4.24. The van der Waals surface area contributed by atoms with Crippen LogP contribution in [0.15, 0.2) is 17.0 Å². The maximum absolute atomic E-state index is 12.2. The van der Waals surface area contributed by atoms with Crippen molar-refractivity contribution in [2.75, 3.05) is 0 Å². The highest BCUT2D eigenvalue weighted by molar-refractivity contribution is 7.89. The number of benzene rings is 1. The lowest BCUT2D eigenvalue weighted by Crippen LogP contribution is -2.16. The first-order chi connectivity index (χ1) is 7.77. The number of aryl methyl sites for hydroxylation is 1.